The third kappa shape index (κ3) is 4.01. The van der Waals surface area contributed by atoms with Gasteiger partial charge in [0.25, 0.3) is 5.91 Å². The Kier molecular flexibility index (Phi) is 5.57. The fourth-order valence-corrected chi connectivity index (χ4v) is 2.82. The number of anilines is 1. The van der Waals surface area contributed by atoms with Gasteiger partial charge in [-0.2, -0.15) is 5.10 Å². The molecule has 0 bridgehead atoms. The highest BCUT2D eigenvalue weighted by Crippen LogP contribution is 2.24. The van der Waals surface area contributed by atoms with Crippen LogP contribution in [0, 0.1) is 6.92 Å². The van der Waals surface area contributed by atoms with E-state index < -0.39 is 11.3 Å². The molecule has 0 atom stereocenters. The van der Waals surface area contributed by atoms with Crippen molar-refractivity contribution in [1.29, 1.82) is 0 Å². The lowest BCUT2D eigenvalue weighted by Gasteiger charge is -2.13. The highest BCUT2D eigenvalue weighted by molar-refractivity contribution is 6.32. The number of hydrogen-bond acceptors (Lipinski definition) is 4. The largest absolute Gasteiger partial charge is 0.492 e. The summed E-state index contributed by atoms with van der Waals surface area (Å²) in [5, 5.41) is 7.40. The Morgan fingerprint density at radius 1 is 1.19 bits per heavy atom. The van der Waals surface area contributed by atoms with Crippen LogP contribution in [0.1, 0.15) is 23.1 Å². The number of ether oxygens (including phenoxy) is 1. The van der Waals surface area contributed by atoms with Gasteiger partial charge in [-0.1, -0.05) is 35.9 Å². The normalized spacial score (nSPS) is 10.5. The number of nitrogens with zero attached hydrogens (tertiary/aromatic N) is 2. The second kappa shape index (κ2) is 8.05. The monoisotopic (exact) mass is 383 g/mol. The molecule has 0 aliphatic carbocycles. The first-order valence-electron chi connectivity index (χ1n) is 8.40. The quantitative estimate of drug-likeness (QED) is 0.726. The number of halogens is 1. The van der Waals surface area contributed by atoms with Crippen LogP contribution in [0.3, 0.4) is 0 Å². The maximum Gasteiger partial charge on any atom is 0.280 e. The van der Waals surface area contributed by atoms with Gasteiger partial charge in [0.15, 0.2) is 5.69 Å². The van der Waals surface area contributed by atoms with E-state index in [0.717, 1.165) is 0 Å². The predicted molar refractivity (Wildman–Crippen MR) is 105 cm³/mol. The second-order valence-electron chi connectivity index (χ2n) is 5.75. The minimum absolute atomic E-state index is 0.230. The standard InChI is InChI=1S/C20H18ClN3O3/c1-3-27-18-11-7-5-9-15(18)22-20(26)19-17(25)12-13(2)24(23-19)16-10-6-4-8-14(16)21/h4-12H,3H2,1-2H3,(H,22,26). The average Bonchev–Trinajstić information content (AvgIpc) is 2.64. The van der Waals surface area contributed by atoms with Crippen molar-refractivity contribution < 1.29 is 9.53 Å². The number of carbonyl (C=O) groups is 1. The van der Waals surface area contributed by atoms with Gasteiger partial charge in [0.05, 0.1) is 23.0 Å². The van der Waals surface area contributed by atoms with E-state index in [-0.39, 0.29) is 5.69 Å². The summed E-state index contributed by atoms with van der Waals surface area (Å²) in [5.41, 5.74) is 0.921. The molecule has 0 radical (unpaired) electrons. The van der Waals surface area contributed by atoms with E-state index in [1.807, 2.05) is 6.92 Å². The lowest BCUT2D eigenvalue weighted by Crippen LogP contribution is -2.27. The second-order valence-corrected chi connectivity index (χ2v) is 6.15. The van der Waals surface area contributed by atoms with Gasteiger partial charge in [-0.15, -0.1) is 0 Å². The minimum atomic E-state index is -0.618. The molecule has 138 valence electrons. The van der Waals surface area contributed by atoms with Crippen molar-refractivity contribution in [3.63, 3.8) is 0 Å². The molecule has 27 heavy (non-hydrogen) atoms. The number of hydrogen-bond donors (Lipinski definition) is 1. The minimum Gasteiger partial charge on any atom is -0.492 e. The van der Waals surface area contributed by atoms with Crippen LogP contribution in [0.15, 0.2) is 59.4 Å². The highest BCUT2D eigenvalue weighted by Gasteiger charge is 2.17. The molecule has 0 saturated carbocycles. The molecular weight excluding hydrogens is 366 g/mol. The van der Waals surface area contributed by atoms with Gasteiger partial charge in [0, 0.05) is 11.8 Å². The zero-order chi connectivity index (χ0) is 19.4. The Hall–Kier alpha value is -3.12. The fraction of sp³-hybridized carbons (Fsp3) is 0.150. The third-order valence-corrected chi connectivity index (χ3v) is 4.16. The molecule has 3 aromatic rings. The van der Waals surface area contributed by atoms with Crippen molar-refractivity contribution in [2.75, 3.05) is 11.9 Å². The molecule has 1 N–H and O–H groups in total. The SMILES string of the molecule is CCOc1ccccc1NC(=O)c1nn(-c2ccccc2Cl)c(C)cc1=O. The molecule has 3 rings (SSSR count). The maximum atomic E-state index is 12.7. The van der Waals surface area contributed by atoms with Gasteiger partial charge in [-0.05, 0) is 38.1 Å². The van der Waals surface area contributed by atoms with Crippen molar-refractivity contribution in [3.05, 3.63) is 81.2 Å². The van der Waals surface area contributed by atoms with E-state index in [9.17, 15) is 9.59 Å². The molecule has 1 aromatic heterocycles. The Bertz CT molecular complexity index is 1050. The van der Waals surface area contributed by atoms with E-state index in [2.05, 4.69) is 10.4 Å². The van der Waals surface area contributed by atoms with E-state index >= 15 is 0 Å². The molecule has 0 aliphatic heterocycles. The van der Waals surface area contributed by atoms with Crippen LogP contribution in [0.25, 0.3) is 5.69 Å². The van der Waals surface area contributed by atoms with Crippen LogP contribution in [0.2, 0.25) is 5.02 Å². The van der Waals surface area contributed by atoms with Gasteiger partial charge >= 0.3 is 0 Å². The van der Waals surface area contributed by atoms with Crippen LogP contribution in [-0.2, 0) is 0 Å². The van der Waals surface area contributed by atoms with E-state index in [0.29, 0.717) is 34.4 Å². The topological polar surface area (TPSA) is 73.2 Å². The van der Waals surface area contributed by atoms with Gasteiger partial charge in [0.2, 0.25) is 5.43 Å². The smallest absolute Gasteiger partial charge is 0.280 e. The zero-order valence-electron chi connectivity index (χ0n) is 14.9. The summed E-state index contributed by atoms with van der Waals surface area (Å²) in [7, 11) is 0. The van der Waals surface area contributed by atoms with Gasteiger partial charge in [-0.3, -0.25) is 9.59 Å². The molecule has 0 unspecified atom stereocenters. The summed E-state index contributed by atoms with van der Waals surface area (Å²) in [4.78, 5) is 25.0. The van der Waals surface area contributed by atoms with Crippen LogP contribution >= 0.6 is 11.6 Å². The average molecular weight is 384 g/mol. The van der Waals surface area contributed by atoms with E-state index in [1.54, 1.807) is 55.5 Å². The number of rotatable bonds is 5. The number of carbonyl (C=O) groups excluding carboxylic acids is 1. The molecule has 6 nitrogen and oxygen atoms in total. The van der Waals surface area contributed by atoms with Crippen molar-refractivity contribution in [1.82, 2.24) is 9.78 Å². The van der Waals surface area contributed by atoms with Crippen molar-refractivity contribution >= 4 is 23.2 Å². The lowest BCUT2D eigenvalue weighted by molar-refractivity contribution is 0.101. The zero-order valence-corrected chi connectivity index (χ0v) is 15.7. The molecule has 0 fully saturated rings. The Balaban J connectivity index is 2.00. The molecule has 2 aromatic carbocycles. The summed E-state index contributed by atoms with van der Waals surface area (Å²) in [6, 6.07) is 15.4. The Labute approximate surface area is 161 Å². The van der Waals surface area contributed by atoms with Gasteiger partial charge in [-0.25, -0.2) is 4.68 Å². The van der Waals surface area contributed by atoms with Gasteiger partial charge < -0.3 is 10.1 Å². The van der Waals surface area contributed by atoms with Gasteiger partial charge in [0.1, 0.15) is 5.75 Å². The van der Waals surface area contributed by atoms with Crippen LogP contribution in [0.5, 0.6) is 5.75 Å². The molecule has 1 heterocycles. The molecule has 7 heteroatoms. The maximum absolute atomic E-state index is 12.7. The van der Waals surface area contributed by atoms with Crippen LogP contribution < -0.4 is 15.5 Å². The predicted octanol–water partition coefficient (Wildman–Crippen LogP) is 3.85. The van der Waals surface area contributed by atoms with Crippen molar-refractivity contribution in [2.45, 2.75) is 13.8 Å². The first-order chi connectivity index (χ1) is 13.0. The summed E-state index contributed by atoms with van der Waals surface area (Å²) >= 11 is 6.23. The van der Waals surface area contributed by atoms with E-state index in [4.69, 9.17) is 16.3 Å². The number of benzene rings is 2. The molecule has 1 amide bonds. The number of amides is 1. The van der Waals surface area contributed by atoms with Crippen molar-refractivity contribution in [3.8, 4) is 11.4 Å². The summed E-state index contributed by atoms with van der Waals surface area (Å²) in [5.74, 6) is -0.0974. The fourth-order valence-electron chi connectivity index (χ4n) is 2.60. The number of para-hydroxylation sites is 3. The third-order valence-electron chi connectivity index (χ3n) is 3.84. The summed E-state index contributed by atoms with van der Waals surface area (Å²) < 4.78 is 6.98. The number of nitrogens with one attached hydrogen (secondary N) is 1. The Morgan fingerprint density at radius 2 is 1.89 bits per heavy atom. The highest BCUT2D eigenvalue weighted by atomic mass is 35.5. The van der Waals surface area contributed by atoms with Crippen LogP contribution in [-0.4, -0.2) is 22.3 Å². The summed E-state index contributed by atoms with van der Waals surface area (Å²) in [6.45, 7) is 4.03. The lowest BCUT2D eigenvalue weighted by atomic mass is 10.2. The molecule has 0 spiro atoms. The molecule has 0 saturated heterocycles. The first kappa shape index (κ1) is 18.7. The molecular formula is C20H18ClN3O3. The number of aromatic nitrogens is 2. The number of aryl methyl sites for hydroxylation is 1. The summed E-state index contributed by atoms with van der Waals surface area (Å²) in [6.07, 6.45) is 0. The van der Waals surface area contributed by atoms with Crippen LogP contribution in [0.4, 0.5) is 5.69 Å². The first-order valence-corrected chi connectivity index (χ1v) is 8.78. The van der Waals surface area contributed by atoms with Crippen molar-refractivity contribution in [2.24, 2.45) is 0 Å². The molecule has 0 aliphatic rings. The Morgan fingerprint density at radius 3 is 2.63 bits per heavy atom. The van der Waals surface area contributed by atoms with E-state index in [1.165, 1.54) is 10.7 Å².